The molecule has 3 saturated heterocycles. The molecule has 5 atom stereocenters. The second-order valence-corrected chi connectivity index (χ2v) is 8.77. The first-order valence-electron chi connectivity index (χ1n) is 10.5. The van der Waals surface area contributed by atoms with Gasteiger partial charge in [-0.2, -0.15) is 13.2 Å². The number of likely N-dealkylation sites (tertiary alicyclic amines) is 1. The van der Waals surface area contributed by atoms with Crippen molar-refractivity contribution in [2.24, 2.45) is 11.7 Å². The molecule has 0 saturated carbocycles. The highest BCUT2D eigenvalue weighted by Gasteiger charge is 2.52. The van der Waals surface area contributed by atoms with Gasteiger partial charge in [-0.3, -0.25) is 0 Å². The van der Waals surface area contributed by atoms with Crippen LogP contribution < -0.4 is 11.1 Å². The quantitative estimate of drug-likeness (QED) is 0.653. The SMILES string of the molecule is NCC1CCN(C2C(OC3CCOC3)CNC(c3ccc(Cl)c(C(F)(F)F)c3)[N+]2=O)C1. The highest BCUT2D eigenvalue weighted by Crippen LogP contribution is 2.37. The van der Waals surface area contributed by atoms with E-state index in [-0.39, 0.29) is 17.6 Å². The average molecular weight is 464 g/mol. The molecule has 0 aromatic heterocycles. The van der Waals surface area contributed by atoms with Gasteiger partial charge in [0.2, 0.25) is 0 Å². The number of nitrogens with one attached hydrogen (secondary N) is 1. The predicted molar refractivity (Wildman–Crippen MR) is 107 cm³/mol. The second-order valence-electron chi connectivity index (χ2n) is 8.37. The maximum atomic E-state index is 13.5. The lowest BCUT2D eigenvalue weighted by atomic mass is 10.0. The lowest BCUT2D eigenvalue weighted by Crippen LogP contribution is -2.61. The Morgan fingerprint density at radius 3 is 2.81 bits per heavy atom. The van der Waals surface area contributed by atoms with Crippen LogP contribution in [0.2, 0.25) is 5.02 Å². The molecular weight excluding hydrogens is 437 g/mol. The molecule has 3 aliphatic rings. The maximum Gasteiger partial charge on any atom is 0.417 e. The Hall–Kier alpha value is -1.30. The molecule has 0 spiro atoms. The number of nitrogens with two attached hydrogens (primary N) is 1. The van der Waals surface area contributed by atoms with Crippen LogP contribution in [0.25, 0.3) is 0 Å². The van der Waals surface area contributed by atoms with Crippen molar-refractivity contribution < 1.29 is 27.4 Å². The van der Waals surface area contributed by atoms with Crippen molar-refractivity contribution in [1.82, 2.24) is 10.2 Å². The van der Waals surface area contributed by atoms with Crippen molar-refractivity contribution in [1.29, 1.82) is 0 Å². The summed E-state index contributed by atoms with van der Waals surface area (Å²) in [6, 6.07) is 3.58. The fourth-order valence-electron chi connectivity index (χ4n) is 4.61. The maximum absolute atomic E-state index is 13.5. The molecule has 1 aromatic carbocycles. The first kappa shape index (κ1) is 22.9. The van der Waals surface area contributed by atoms with Crippen molar-refractivity contribution >= 4 is 11.6 Å². The van der Waals surface area contributed by atoms with Gasteiger partial charge < -0.3 is 15.2 Å². The molecule has 3 N–H and O–H groups in total. The van der Waals surface area contributed by atoms with Crippen LogP contribution in [0.5, 0.6) is 0 Å². The summed E-state index contributed by atoms with van der Waals surface area (Å²) < 4.78 is 52.4. The van der Waals surface area contributed by atoms with Crippen molar-refractivity contribution in [3.8, 4) is 0 Å². The Morgan fingerprint density at radius 1 is 1.35 bits per heavy atom. The van der Waals surface area contributed by atoms with Crippen molar-refractivity contribution in [3.63, 3.8) is 0 Å². The van der Waals surface area contributed by atoms with E-state index in [1.807, 2.05) is 4.90 Å². The molecule has 0 aliphatic carbocycles. The Morgan fingerprint density at radius 2 is 2.16 bits per heavy atom. The molecule has 11 heteroatoms. The lowest BCUT2D eigenvalue weighted by Gasteiger charge is -2.35. The van der Waals surface area contributed by atoms with Crippen LogP contribution in [0.1, 0.15) is 30.1 Å². The minimum absolute atomic E-state index is 0.0977. The van der Waals surface area contributed by atoms with E-state index < -0.39 is 35.2 Å². The fraction of sp³-hybridized carbons (Fsp3) is 0.700. The number of nitroso groups, excluding NO2 is 1. The molecule has 7 nitrogen and oxygen atoms in total. The van der Waals surface area contributed by atoms with Gasteiger partial charge in [0.15, 0.2) is 6.10 Å². The smallest absolute Gasteiger partial charge is 0.379 e. The monoisotopic (exact) mass is 463 g/mol. The highest BCUT2D eigenvalue weighted by atomic mass is 35.5. The van der Waals surface area contributed by atoms with E-state index in [2.05, 4.69) is 5.32 Å². The number of alkyl halides is 3. The summed E-state index contributed by atoms with van der Waals surface area (Å²) in [5, 5.41) is 2.68. The van der Waals surface area contributed by atoms with Gasteiger partial charge in [0, 0.05) is 41.5 Å². The van der Waals surface area contributed by atoms with Crippen LogP contribution >= 0.6 is 11.6 Å². The Kier molecular flexibility index (Phi) is 6.85. The second kappa shape index (κ2) is 9.29. The molecule has 0 bridgehead atoms. The molecule has 0 amide bonds. The summed E-state index contributed by atoms with van der Waals surface area (Å²) in [7, 11) is 0. The number of halogens is 4. The predicted octanol–water partition coefficient (Wildman–Crippen LogP) is 2.52. The summed E-state index contributed by atoms with van der Waals surface area (Å²) in [5.74, 6) is 0.282. The summed E-state index contributed by atoms with van der Waals surface area (Å²) >= 11 is 5.75. The summed E-state index contributed by atoms with van der Waals surface area (Å²) in [5.41, 5.74) is 5.08. The van der Waals surface area contributed by atoms with Crippen molar-refractivity contribution in [2.45, 2.75) is 43.6 Å². The van der Waals surface area contributed by atoms with E-state index in [1.165, 1.54) is 12.1 Å². The van der Waals surface area contributed by atoms with Gasteiger partial charge in [-0.05, 0) is 43.5 Å². The Balaban J connectivity index is 1.60. The Bertz CT molecular complexity index is 806. The largest absolute Gasteiger partial charge is 0.417 e. The van der Waals surface area contributed by atoms with Crippen LogP contribution in [0, 0.1) is 10.8 Å². The van der Waals surface area contributed by atoms with Crippen molar-refractivity contribution in [2.75, 3.05) is 39.4 Å². The number of hydrogen-bond donors (Lipinski definition) is 2. The highest BCUT2D eigenvalue weighted by molar-refractivity contribution is 6.31. The van der Waals surface area contributed by atoms with E-state index in [0.29, 0.717) is 39.4 Å². The average Bonchev–Trinajstić information content (AvgIpc) is 3.40. The molecule has 4 rings (SSSR count). The van der Waals surface area contributed by atoms with Gasteiger partial charge >= 0.3 is 6.18 Å². The topological polar surface area (TPSA) is 79.8 Å². The van der Waals surface area contributed by atoms with Gasteiger partial charge in [0.25, 0.3) is 12.3 Å². The van der Waals surface area contributed by atoms with E-state index >= 15 is 0 Å². The van der Waals surface area contributed by atoms with Crippen LogP contribution in [0.15, 0.2) is 18.2 Å². The summed E-state index contributed by atoms with van der Waals surface area (Å²) in [4.78, 5) is 15.5. The summed E-state index contributed by atoms with van der Waals surface area (Å²) in [6.07, 6.45) is -5.09. The molecule has 0 radical (unpaired) electrons. The van der Waals surface area contributed by atoms with E-state index in [9.17, 15) is 18.1 Å². The summed E-state index contributed by atoms with van der Waals surface area (Å²) in [6.45, 7) is 3.29. The van der Waals surface area contributed by atoms with Gasteiger partial charge in [0.1, 0.15) is 0 Å². The van der Waals surface area contributed by atoms with Gasteiger partial charge in [-0.1, -0.05) is 11.6 Å². The minimum atomic E-state index is -4.60. The molecule has 3 fully saturated rings. The molecule has 5 unspecified atom stereocenters. The number of hydrogen-bond acceptors (Lipinski definition) is 6. The third-order valence-corrected chi connectivity index (χ3v) is 6.58. The number of ether oxygens (including phenoxy) is 2. The first-order chi connectivity index (χ1) is 14.8. The molecule has 172 valence electrons. The number of benzene rings is 1. The third-order valence-electron chi connectivity index (χ3n) is 6.25. The van der Waals surface area contributed by atoms with Crippen molar-refractivity contribution in [3.05, 3.63) is 39.3 Å². The molecule has 1 aromatic rings. The van der Waals surface area contributed by atoms with E-state index in [0.717, 1.165) is 23.7 Å². The number of nitrogens with zero attached hydrogens (tertiary/aromatic N) is 2. The first-order valence-corrected chi connectivity index (χ1v) is 10.9. The zero-order valence-electron chi connectivity index (χ0n) is 17.0. The molecule has 31 heavy (non-hydrogen) atoms. The van der Waals surface area contributed by atoms with Crippen LogP contribution in [-0.2, 0) is 15.7 Å². The van der Waals surface area contributed by atoms with E-state index in [4.69, 9.17) is 26.8 Å². The van der Waals surface area contributed by atoms with Crippen LogP contribution in [0.4, 0.5) is 13.2 Å². The van der Waals surface area contributed by atoms with E-state index in [1.54, 1.807) is 0 Å². The normalized spacial score (nSPS) is 32.7. The standard InChI is InChI=1S/C20H27ClF3N4O3/c21-16-2-1-13(7-15(16)20(22,23)24)18-26-9-17(31-14-4-6-30-11-14)19(28(18)29)27-5-3-12(8-25)10-27/h1-2,7,12,14,17-19,26H,3-6,8-11,25H2/q+1. The zero-order valence-corrected chi connectivity index (χ0v) is 17.7. The minimum Gasteiger partial charge on any atom is -0.379 e. The fourth-order valence-corrected chi connectivity index (χ4v) is 4.84. The molecular formula is C20H27ClF3N4O3+. The zero-order chi connectivity index (χ0) is 22.2. The lowest BCUT2D eigenvalue weighted by molar-refractivity contribution is -0.672. The van der Waals surface area contributed by atoms with Crippen LogP contribution in [-0.4, -0.2) is 67.4 Å². The molecule has 3 aliphatic heterocycles. The molecule has 3 heterocycles. The van der Waals surface area contributed by atoms with Crippen LogP contribution in [0.3, 0.4) is 0 Å². The van der Waals surface area contributed by atoms with Gasteiger partial charge in [-0.15, -0.1) is 0 Å². The van der Waals surface area contributed by atoms with Gasteiger partial charge in [-0.25, -0.2) is 10.2 Å². The third kappa shape index (κ3) is 4.89. The Labute approximate surface area is 183 Å². The number of rotatable bonds is 5. The van der Waals surface area contributed by atoms with Gasteiger partial charge in [0.05, 0.1) is 23.3 Å².